The number of sulfonamides is 1. The summed E-state index contributed by atoms with van der Waals surface area (Å²) in [5.74, 6) is -0.534. The number of anilines is 1. The number of hydrogen-bond donors (Lipinski definition) is 1. The Morgan fingerprint density at radius 3 is 2.67 bits per heavy atom. The van der Waals surface area contributed by atoms with Crippen LogP contribution >= 0.6 is 11.8 Å². The number of thioether (sulfide) groups is 1. The van der Waals surface area contributed by atoms with E-state index < -0.39 is 15.8 Å². The number of likely N-dealkylation sites (tertiary alicyclic amines) is 1. The summed E-state index contributed by atoms with van der Waals surface area (Å²) < 4.78 is 41.1. The smallest absolute Gasteiger partial charge is 0.286 e. The van der Waals surface area contributed by atoms with Gasteiger partial charge in [-0.05, 0) is 31.0 Å². The van der Waals surface area contributed by atoms with Gasteiger partial charge >= 0.3 is 0 Å². The van der Waals surface area contributed by atoms with Crippen molar-refractivity contribution in [3.8, 4) is 0 Å². The monoisotopic (exact) mass is 371 g/mol. The second kappa shape index (κ2) is 7.10. The number of amides is 1. The lowest BCUT2D eigenvalue weighted by Gasteiger charge is -2.21. The predicted octanol–water partition coefficient (Wildman–Crippen LogP) is 2.43. The highest BCUT2D eigenvalue weighted by Crippen LogP contribution is 2.30. The Bertz CT molecular complexity index is 772. The quantitative estimate of drug-likeness (QED) is 0.864. The average molecular weight is 371 g/mol. The zero-order valence-electron chi connectivity index (χ0n) is 13.0. The Labute approximate surface area is 144 Å². The van der Waals surface area contributed by atoms with Crippen LogP contribution in [-0.2, 0) is 14.8 Å². The standard InChI is InChI=1S/C15H18FN3O3S2/c16-11-5-6-12-13(9-11)24(21,22)18-15(17-12)23-10-14(20)19-7-3-1-2-4-8-19/h5-6,9H,1-4,7-8,10H2,(H,17,18). The fraction of sp³-hybridized carbons (Fsp3) is 0.467. The highest BCUT2D eigenvalue weighted by Gasteiger charge is 2.26. The lowest BCUT2D eigenvalue weighted by Crippen LogP contribution is -2.34. The Morgan fingerprint density at radius 1 is 1.25 bits per heavy atom. The lowest BCUT2D eigenvalue weighted by molar-refractivity contribution is -0.128. The molecule has 130 valence electrons. The van der Waals surface area contributed by atoms with E-state index in [1.165, 1.54) is 12.1 Å². The number of hydrogen-bond acceptors (Lipinski definition) is 5. The zero-order valence-corrected chi connectivity index (χ0v) is 14.6. The Balaban J connectivity index is 1.67. The molecule has 1 saturated heterocycles. The van der Waals surface area contributed by atoms with Crippen LogP contribution in [0.2, 0.25) is 0 Å². The summed E-state index contributed by atoms with van der Waals surface area (Å²) in [5, 5.41) is 2.98. The van der Waals surface area contributed by atoms with Gasteiger partial charge in [0.2, 0.25) is 5.91 Å². The molecule has 1 N–H and O–H groups in total. The highest BCUT2D eigenvalue weighted by atomic mass is 32.2. The number of nitrogens with one attached hydrogen (secondary N) is 1. The van der Waals surface area contributed by atoms with Gasteiger partial charge in [-0.1, -0.05) is 24.6 Å². The number of nitrogens with zero attached hydrogens (tertiary/aromatic N) is 2. The summed E-state index contributed by atoms with van der Waals surface area (Å²) in [5.41, 5.74) is 0.274. The molecule has 0 aliphatic carbocycles. The molecule has 9 heteroatoms. The van der Waals surface area contributed by atoms with Gasteiger partial charge in [0.05, 0.1) is 11.4 Å². The molecule has 0 aromatic heterocycles. The second-order valence-electron chi connectivity index (χ2n) is 5.72. The van der Waals surface area contributed by atoms with Gasteiger partial charge < -0.3 is 10.2 Å². The SMILES string of the molecule is O=C(CSC1=NS(=O)(=O)c2cc(F)ccc2N1)N1CCCCCC1. The molecule has 24 heavy (non-hydrogen) atoms. The molecular formula is C15H18FN3O3S2. The van der Waals surface area contributed by atoms with Crippen molar-refractivity contribution < 1.29 is 17.6 Å². The van der Waals surface area contributed by atoms with Crippen molar-refractivity contribution in [1.82, 2.24) is 4.90 Å². The Kier molecular flexibility index (Phi) is 5.09. The lowest BCUT2D eigenvalue weighted by atomic mass is 10.2. The Morgan fingerprint density at radius 2 is 1.96 bits per heavy atom. The number of carbonyl (C=O) groups excluding carboxylic acids is 1. The number of amidine groups is 1. The minimum atomic E-state index is -3.95. The molecule has 1 aromatic carbocycles. The van der Waals surface area contributed by atoms with E-state index in [2.05, 4.69) is 9.71 Å². The van der Waals surface area contributed by atoms with Crippen LogP contribution in [0.1, 0.15) is 25.7 Å². The van der Waals surface area contributed by atoms with Gasteiger partial charge in [0.15, 0.2) is 5.17 Å². The summed E-state index contributed by atoms with van der Waals surface area (Å²) in [7, 11) is -3.95. The predicted molar refractivity (Wildman–Crippen MR) is 92.1 cm³/mol. The maximum atomic E-state index is 13.2. The molecule has 0 saturated carbocycles. The molecule has 2 heterocycles. The number of carbonyl (C=O) groups is 1. The van der Waals surface area contributed by atoms with E-state index in [4.69, 9.17) is 0 Å². The average Bonchev–Trinajstić information content (AvgIpc) is 2.82. The topological polar surface area (TPSA) is 78.8 Å². The van der Waals surface area contributed by atoms with Gasteiger partial charge in [-0.15, -0.1) is 4.40 Å². The van der Waals surface area contributed by atoms with E-state index in [1.807, 2.05) is 4.90 Å². The van der Waals surface area contributed by atoms with Crippen molar-refractivity contribution in [3.63, 3.8) is 0 Å². The maximum absolute atomic E-state index is 13.2. The van der Waals surface area contributed by atoms with E-state index in [9.17, 15) is 17.6 Å². The number of fused-ring (bicyclic) bond motifs is 1. The van der Waals surface area contributed by atoms with Crippen LogP contribution in [0.4, 0.5) is 10.1 Å². The molecule has 0 radical (unpaired) electrons. The van der Waals surface area contributed by atoms with Crippen LogP contribution in [0.3, 0.4) is 0 Å². The summed E-state index contributed by atoms with van der Waals surface area (Å²) in [6.45, 7) is 1.50. The number of benzene rings is 1. The largest absolute Gasteiger partial charge is 0.342 e. The van der Waals surface area contributed by atoms with E-state index in [0.717, 1.165) is 56.6 Å². The third-order valence-corrected chi connectivity index (χ3v) is 6.25. The van der Waals surface area contributed by atoms with Crippen LogP contribution in [0.5, 0.6) is 0 Å². The van der Waals surface area contributed by atoms with Crippen molar-refractivity contribution in [2.24, 2.45) is 4.40 Å². The maximum Gasteiger partial charge on any atom is 0.286 e. The molecular weight excluding hydrogens is 353 g/mol. The van der Waals surface area contributed by atoms with Gasteiger partial charge in [0.1, 0.15) is 10.7 Å². The van der Waals surface area contributed by atoms with Gasteiger partial charge in [-0.25, -0.2) is 4.39 Å². The van der Waals surface area contributed by atoms with Gasteiger partial charge in [-0.3, -0.25) is 4.79 Å². The van der Waals surface area contributed by atoms with Crippen LogP contribution in [0.15, 0.2) is 27.5 Å². The van der Waals surface area contributed by atoms with E-state index in [1.54, 1.807) is 0 Å². The molecule has 6 nitrogen and oxygen atoms in total. The van der Waals surface area contributed by atoms with Gasteiger partial charge in [-0.2, -0.15) is 8.42 Å². The minimum absolute atomic E-state index is 0.0197. The second-order valence-corrected chi connectivity index (χ2v) is 8.26. The summed E-state index contributed by atoms with van der Waals surface area (Å²) in [6, 6.07) is 3.47. The normalized spacial score (nSPS) is 19.7. The fourth-order valence-electron chi connectivity index (χ4n) is 2.71. The van der Waals surface area contributed by atoms with Gasteiger partial charge in [0, 0.05) is 13.1 Å². The number of rotatable bonds is 2. The first-order valence-electron chi connectivity index (χ1n) is 7.78. The molecule has 2 aliphatic heterocycles. The van der Waals surface area contributed by atoms with E-state index in [-0.39, 0.29) is 27.4 Å². The van der Waals surface area contributed by atoms with E-state index in [0.29, 0.717) is 0 Å². The van der Waals surface area contributed by atoms with Crippen molar-refractivity contribution in [3.05, 3.63) is 24.0 Å². The van der Waals surface area contributed by atoms with E-state index >= 15 is 0 Å². The van der Waals surface area contributed by atoms with Crippen LogP contribution < -0.4 is 5.32 Å². The minimum Gasteiger partial charge on any atom is -0.342 e. The molecule has 1 aromatic rings. The van der Waals surface area contributed by atoms with Crippen molar-refractivity contribution >= 4 is 38.5 Å². The highest BCUT2D eigenvalue weighted by molar-refractivity contribution is 8.15. The zero-order chi connectivity index (χ0) is 17.2. The summed E-state index contributed by atoms with van der Waals surface area (Å²) >= 11 is 1.05. The molecule has 0 atom stereocenters. The Hall–Kier alpha value is -1.61. The molecule has 0 unspecified atom stereocenters. The third-order valence-electron chi connectivity index (χ3n) is 3.96. The van der Waals surface area contributed by atoms with Crippen LogP contribution in [0, 0.1) is 5.82 Å². The third kappa shape index (κ3) is 3.89. The molecule has 0 spiro atoms. The van der Waals surface area contributed by atoms with Crippen molar-refractivity contribution in [2.45, 2.75) is 30.6 Å². The van der Waals surface area contributed by atoms with Crippen LogP contribution in [0.25, 0.3) is 0 Å². The molecule has 3 rings (SSSR count). The molecule has 1 fully saturated rings. The summed E-state index contributed by atoms with van der Waals surface area (Å²) in [6.07, 6.45) is 4.28. The molecule has 2 aliphatic rings. The first kappa shape index (κ1) is 17.2. The molecule has 0 bridgehead atoms. The van der Waals surface area contributed by atoms with Crippen molar-refractivity contribution in [2.75, 3.05) is 24.2 Å². The van der Waals surface area contributed by atoms with Gasteiger partial charge in [0.25, 0.3) is 10.0 Å². The van der Waals surface area contributed by atoms with Crippen molar-refractivity contribution in [1.29, 1.82) is 0 Å². The molecule has 1 amide bonds. The van der Waals surface area contributed by atoms with Crippen LogP contribution in [-0.4, -0.2) is 43.2 Å². The summed E-state index contributed by atoms with van der Waals surface area (Å²) in [4.78, 5) is 13.9. The fourth-order valence-corrected chi connectivity index (χ4v) is 4.86. The first-order valence-corrected chi connectivity index (χ1v) is 10.2. The number of halogens is 1. The first-order chi connectivity index (χ1) is 11.5.